The fourth-order valence-electron chi connectivity index (χ4n) is 0.980. The Kier molecular flexibility index (Phi) is 4.32. The molecule has 3 nitrogen and oxygen atoms in total. The fraction of sp³-hybridized carbons (Fsp3) is 0.200. The van der Waals surface area contributed by atoms with E-state index >= 15 is 0 Å². The van der Waals surface area contributed by atoms with E-state index in [1.165, 1.54) is 0 Å². The van der Waals surface area contributed by atoms with Crippen molar-refractivity contribution in [1.82, 2.24) is 0 Å². The molecule has 1 rings (SSSR count). The predicted octanol–water partition coefficient (Wildman–Crippen LogP) is 2.37. The standard InChI is InChI=1S/C10H10BrNO2/c11-8-3-1-4-9(7-8)12-10(14)5-2-6-13/h1,3-4,6-7H,2,5H2,(H,12,14). The SMILES string of the molecule is O=CCCC(=O)Nc1cccc(Br)c1. The highest BCUT2D eigenvalue weighted by molar-refractivity contribution is 9.10. The Hall–Kier alpha value is -1.16. The minimum absolute atomic E-state index is 0.143. The van der Waals surface area contributed by atoms with Gasteiger partial charge in [-0.1, -0.05) is 22.0 Å². The Morgan fingerprint density at radius 1 is 1.50 bits per heavy atom. The second-order valence-electron chi connectivity index (χ2n) is 2.76. The smallest absolute Gasteiger partial charge is 0.224 e. The molecule has 0 spiro atoms. The van der Waals surface area contributed by atoms with Crippen LogP contribution >= 0.6 is 15.9 Å². The molecule has 74 valence electrons. The van der Waals surface area contributed by atoms with Crippen LogP contribution in [0.4, 0.5) is 5.69 Å². The first kappa shape index (κ1) is 10.9. The Morgan fingerprint density at radius 2 is 2.29 bits per heavy atom. The molecule has 1 amide bonds. The monoisotopic (exact) mass is 255 g/mol. The summed E-state index contributed by atoms with van der Waals surface area (Å²) in [6.07, 6.45) is 1.23. The lowest BCUT2D eigenvalue weighted by atomic mass is 10.3. The van der Waals surface area contributed by atoms with E-state index in [9.17, 15) is 9.59 Å². The molecule has 4 heteroatoms. The number of carbonyl (C=O) groups is 2. The van der Waals surface area contributed by atoms with Crippen LogP contribution in [0.3, 0.4) is 0 Å². The van der Waals surface area contributed by atoms with Crippen LogP contribution in [0, 0.1) is 0 Å². The second kappa shape index (κ2) is 5.54. The molecule has 0 bridgehead atoms. The summed E-state index contributed by atoms with van der Waals surface area (Å²) in [5, 5.41) is 2.69. The van der Waals surface area contributed by atoms with Gasteiger partial charge in [0.25, 0.3) is 0 Å². The topological polar surface area (TPSA) is 46.2 Å². The van der Waals surface area contributed by atoms with Crippen LogP contribution in [0.2, 0.25) is 0 Å². The van der Waals surface area contributed by atoms with Crippen molar-refractivity contribution in [2.75, 3.05) is 5.32 Å². The van der Waals surface area contributed by atoms with Crippen molar-refractivity contribution in [1.29, 1.82) is 0 Å². The fourth-order valence-corrected chi connectivity index (χ4v) is 1.38. The van der Waals surface area contributed by atoms with Crippen LogP contribution in [0.25, 0.3) is 0 Å². The normalized spacial score (nSPS) is 9.50. The second-order valence-corrected chi connectivity index (χ2v) is 3.68. The average Bonchev–Trinajstić information content (AvgIpc) is 2.15. The number of nitrogens with one attached hydrogen (secondary N) is 1. The summed E-state index contributed by atoms with van der Waals surface area (Å²) in [6, 6.07) is 7.31. The molecular weight excluding hydrogens is 246 g/mol. The van der Waals surface area contributed by atoms with Gasteiger partial charge in [0.2, 0.25) is 5.91 Å². The number of aldehydes is 1. The molecular formula is C10H10BrNO2. The molecule has 1 aromatic carbocycles. The summed E-state index contributed by atoms with van der Waals surface area (Å²) in [5.74, 6) is -0.143. The van der Waals surface area contributed by atoms with Gasteiger partial charge < -0.3 is 10.1 Å². The molecule has 0 atom stereocenters. The lowest BCUT2D eigenvalue weighted by Crippen LogP contribution is -2.11. The molecule has 0 saturated heterocycles. The number of halogens is 1. The third-order valence-electron chi connectivity index (χ3n) is 1.60. The number of anilines is 1. The first-order valence-electron chi connectivity index (χ1n) is 4.21. The zero-order valence-corrected chi connectivity index (χ0v) is 9.08. The molecule has 0 aliphatic rings. The van der Waals surface area contributed by atoms with Gasteiger partial charge in [0.15, 0.2) is 0 Å². The van der Waals surface area contributed by atoms with Gasteiger partial charge in [0.1, 0.15) is 6.29 Å². The maximum atomic E-state index is 11.2. The Labute approximate surface area is 90.6 Å². The molecule has 0 heterocycles. The van der Waals surface area contributed by atoms with Crippen molar-refractivity contribution < 1.29 is 9.59 Å². The van der Waals surface area contributed by atoms with Crippen molar-refractivity contribution in [2.24, 2.45) is 0 Å². The van der Waals surface area contributed by atoms with E-state index in [1.54, 1.807) is 12.1 Å². The summed E-state index contributed by atoms with van der Waals surface area (Å²) in [5.41, 5.74) is 0.732. The number of benzene rings is 1. The maximum absolute atomic E-state index is 11.2. The summed E-state index contributed by atoms with van der Waals surface area (Å²) in [4.78, 5) is 21.2. The van der Waals surface area contributed by atoms with Crippen LogP contribution in [0.15, 0.2) is 28.7 Å². The Morgan fingerprint density at radius 3 is 2.93 bits per heavy atom. The highest BCUT2D eigenvalue weighted by Crippen LogP contribution is 2.15. The van der Waals surface area contributed by atoms with E-state index in [0.717, 1.165) is 16.4 Å². The van der Waals surface area contributed by atoms with E-state index < -0.39 is 0 Å². The lowest BCUT2D eigenvalue weighted by Gasteiger charge is -2.03. The number of carbonyl (C=O) groups excluding carboxylic acids is 2. The summed E-state index contributed by atoms with van der Waals surface area (Å²) < 4.78 is 0.908. The third-order valence-corrected chi connectivity index (χ3v) is 2.09. The molecule has 14 heavy (non-hydrogen) atoms. The number of hydrogen-bond donors (Lipinski definition) is 1. The molecule has 0 unspecified atom stereocenters. The minimum atomic E-state index is -0.143. The molecule has 0 aliphatic carbocycles. The summed E-state index contributed by atoms with van der Waals surface area (Å²) in [6.45, 7) is 0. The van der Waals surface area contributed by atoms with E-state index in [0.29, 0.717) is 0 Å². The van der Waals surface area contributed by atoms with Gasteiger partial charge in [-0.05, 0) is 18.2 Å². The van der Waals surface area contributed by atoms with Gasteiger partial charge in [-0.3, -0.25) is 4.79 Å². The van der Waals surface area contributed by atoms with Crippen molar-refractivity contribution in [2.45, 2.75) is 12.8 Å². The molecule has 0 saturated carbocycles. The maximum Gasteiger partial charge on any atom is 0.224 e. The first-order valence-corrected chi connectivity index (χ1v) is 5.00. The molecule has 1 N–H and O–H groups in total. The number of amides is 1. The zero-order chi connectivity index (χ0) is 10.4. The minimum Gasteiger partial charge on any atom is -0.326 e. The quantitative estimate of drug-likeness (QED) is 0.840. The average molecular weight is 256 g/mol. The molecule has 1 aromatic rings. The molecule has 0 radical (unpaired) electrons. The molecule has 0 fully saturated rings. The Bertz CT molecular complexity index is 339. The van der Waals surface area contributed by atoms with E-state index in [-0.39, 0.29) is 18.7 Å². The first-order chi connectivity index (χ1) is 6.72. The highest BCUT2D eigenvalue weighted by Gasteiger charge is 2.01. The van der Waals surface area contributed by atoms with Crippen LogP contribution in [-0.4, -0.2) is 12.2 Å². The zero-order valence-electron chi connectivity index (χ0n) is 7.50. The van der Waals surface area contributed by atoms with E-state index in [1.807, 2.05) is 12.1 Å². The van der Waals surface area contributed by atoms with Crippen molar-refractivity contribution in [3.05, 3.63) is 28.7 Å². The van der Waals surface area contributed by atoms with Gasteiger partial charge in [-0.25, -0.2) is 0 Å². The van der Waals surface area contributed by atoms with Crippen molar-refractivity contribution in [3.63, 3.8) is 0 Å². The van der Waals surface area contributed by atoms with Gasteiger partial charge >= 0.3 is 0 Å². The largest absolute Gasteiger partial charge is 0.326 e. The van der Waals surface area contributed by atoms with Crippen LogP contribution in [0.5, 0.6) is 0 Å². The van der Waals surface area contributed by atoms with Crippen LogP contribution in [0.1, 0.15) is 12.8 Å². The molecule has 0 aliphatic heterocycles. The van der Waals surface area contributed by atoms with Gasteiger partial charge in [0.05, 0.1) is 0 Å². The number of rotatable bonds is 4. The van der Waals surface area contributed by atoms with E-state index in [2.05, 4.69) is 21.2 Å². The predicted molar refractivity (Wildman–Crippen MR) is 58.1 cm³/mol. The van der Waals surface area contributed by atoms with Crippen molar-refractivity contribution in [3.8, 4) is 0 Å². The van der Waals surface area contributed by atoms with E-state index in [4.69, 9.17) is 0 Å². The van der Waals surface area contributed by atoms with Gasteiger partial charge in [-0.2, -0.15) is 0 Å². The summed E-state index contributed by atoms with van der Waals surface area (Å²) >= 11 is 3.30. The van der Waals surface area contributed by atoms with Gasteiger partial charge in [-0.15, -0.1) is 0 Å². The molecule has 0 aromatic heterocycles. The lowest BCUT2D eigenvalue weighted by molar-refractivity contribution is -0.118. The summed E-state index contributed by atoms with van der Waals surface area (Å²) in [7, 11) is 0. The van der Waals surface area contributed by atoms with Crippen molar-refractivity contribution >= 4 is 33.8 Å². The number of hydrogen-bond acceptors (Lipinski definition) is 2. The highest BCUT2D eigenvalue weighted by atomic mass is 79.9. The van der Waals surface area contributed by atoms with Gasteiger partial charge in [0, 0.05) is 23.0 Å². The Balaban J connectivity index is 2.51. The third kappa shape index (κ3) is 3.70. The van der Waals surface area contributed by atoms with Crippen LogP contribution in [-0.2, 0) is 9.59 Å². The van der Waals surface area contributed by atoms with Crippen LogP contribution < -0.4 is 5.32 Å².